The molecule has 0 aromatic rings. The summed E-state index contributed by atoms with van der Waals surface area (Å²) in [7, 11) is 0. The third-order valence-corrected chi connectivity index (χ3v) is 33.5. The van der Waals surface area contributed by atoms with Crippen molar-refractivity contribution in [3.8, 4) is 0 Å². The van der Waals surface area contributed by atoms with Crippen LogP contribution in [0.4, 0.5) is 0 Å². The molecule has 5 aliphatic carbocycles. The second kappa shape index (κ2) is 43.0. The fourth-order valence-corrected chi connectivity index (χ4v) is 24.4. The third kappa shape index (κ3) is 20.5. The van der Waals surface area contributed by atoms with Crippen LogP contribution in [-0.4, -0.2) is 461 Å². The normalized spacial score (nSPS) is 51.9. The zero-order chi connectivity index (χ0) is 101. The van der Waals surface area contributed by atoms with E-state index in [0.717, 1.165) is 5.57 Å². The van der Waals surface area contributed by atoms with Crippen LogP contribution in [0.2, 0.25) is 0 Å². The number of ether oxygens (including phenoxy) is 19. The molecule has 14 rings (SSSR count). The first kappa shape index (κ1) is 110. The van der Waals surface area contributed by atoms with Crippen molar-refractivity contribution >= 4 is 11.9 Å². The van der Waals surface area contributed by atoms with E-state index in [1.54, 1.807) is 19.9 Å². The van der Waals surface area contributed by atoms with E-state index in [4.69, 9.17) is 90.0 Å². The monoisotopic (exact) mass is 1990 g/mol. The minimum absolute atomic E-state index is 0.0209. The molecule has 46 nitrogen and oxygen atoms in total. The molecule has 0 radical (unpaired) electrons. The van der Waals surface area contributed by atoms with E-state index in [1.807, 2.05) is 27.7 Å². The van der Waals surface area contributed by atoms with Crippen molar-refractivity contribution in [2.75, 3.05) is 39.6 Å². The third-order valence-electron chi connectivity index (χ3n) is 33.5. The van der Waals surface area contributed by atoms with Crippen LogP contribution in [-0.2, 0) is 99.6 Å². The van der Waals surface area contributed by atoms with Crippen molar-refractivity contribution in [2.45, 2.75) is 436 Å². The first-order valence-corrected chi connectivity index (χ1v) is 48.0. The van der Waals surface area contributed by atoms with Crippen molar-refractivity contribution in [3.05, 3.63) is 36.0 Å². The Balaban J connectivity index is 0.759. The van der Waals surface area contributed by atoms with Gasteiger partial charge in [0.2, 0.25) is 6.29 Å². The number of hydrogen-bond acceptors (Lipinski definition) is 46. The Bertz CT molecular complexity index is 4130. The van der Waals surface area contributed by atoms with Crippen molar-refractivity contribution in [1.29, 1.82) is 0 Å². The van der Waals surface area contributed by atoms with Gasteiger partial charge in [-0.25, -0.2) is 4.79 Å². The average Bonchev–Trinajstić information content (AvgIpc) is 0.792. The quantitative estimate of drug-likeness (QED) is 0.0143. The number of aliphatic hydroxyl groups is 25. The van der Waals surface area contributed by atoms with Crippen LogP contribution in [0.15, 0.2) is 36.0 Å². The summed E-state index contributed by atoms with van der Waals surface area (Å²) >= 11 is 0. The number of esters is 2. The summed E-state index contributed by atoms with van der Waals surface area (Å²) in [5.74, 6) is -2.84. The Morgan fingerprint density at radius 2 is 0.899 bits per heavy atom. The first-order chi connectivity index (χ1) is 64.7. The largest absolute Gasteiger partial charge is 0.458 e. The summed E-state index contributed by atoms with van der Waals surface area (Å²) in [6.07, 6.45) is -69.5. The highest BCUT2D eigenvalue weighted by molar-refractivity contribution is 5.88. The molecule has 4 saturated carbocycles. The fraction of sp³-hybridized carbons (Fsp3) is 0.913. The summed E-state index contributed by atoms with van der Waals surface area (Å²) in [5, 5.41) is 276. The van der Waals surface area contributed by atoms with Gasteiger partial charge in [-0.05, 0) is 138 Å². The molecule has 14 aliphatic rings. The molecule has 0 aromatic heterocycles. The van der Waals surface area contributed by atoms with E-state index in [9.17, 15) is 132 Å². The standard InChI is InChI=1S/C92H148O46/c1-14-88(10,138-81-68(116)58(106)50(98)35(3)122-81)21-15-16-34(2)75(118)130-49-27-92(85(119)137-84-74(62(110)55(103)43(30-95)128-84)136-80-69(117)71(133-78-66(114)59(107)53(101)41(28-93)125-78)70(37(5)124-80)132-77-65(113)56(104)44(31-96)127-77)25-24-90(12)38(39(92)26-86(49,6)7)17-18-47-89(11)22-20-48(87(8,9)46(89)19-23-91(47,90)13)131-83-73(135-79-67(115)60(108)54(102)42(29-94)126-79)63(111)57(105)45(129-83)33-121-82-72(61(109)51(99)36(4)123-82)134-76-64(112)52(100)40(97)32-120-76/h14,16-17,35-37,39-74,76-84,93-117H,1,15,18-33H2,2-13H3/b34-16+/t35-,36+,37+,39+,40-,41-,42-,43-,44+,45-,46+,47-,48+,49+,50-,51-,52+,53-,54-,55-,56+,57-,58+,59+,60+,61-,62+,63+,64-,65-,66-,67-,68-,69-,70+,71+,72+,73-,74-,76+,77+,78+,79+,80+,81+,82+,83+,84+,88-,89+,90-,91-,92-/m1/s1. The van der Waals surface area contributed by atoms with Gasteiger partial charge in [0.15, 0.2) is 56.4 Å². The van der Waals surface area contributed by atoms with Crippen LogP contribution in [0, 0.1) is 50.2 Å². The number of fused-ring (bicyclic) bond motifs is 7. The Labute approximate surface area is 797 Å². The summed E-state index contributed by atoms with van der Waals surface area (Å²) in [4.78, 5) is 31.7. The number of aliphatic hydroxyl groups excluding tert-OH is 25. The Morgan fingerprint density at radius 3 is 1.48 bits per heavy atom. The van der Waals surface area contributed by atoms with Crippen molar-refractivity contribution in [3.63, 3.8) is 0 Å². The highest BCUT2D eigenvalue weighted by atomic mass is 16.8. The molecule has 138 heavy (non-hydrogen) atoms. The minimum Gasteiger partial charge on any atom is -0.458 e. The van der Waals surface area contributed by atoms with E-state index in [2.05, 4.69) is 33.4 Å². The second-order valence-electron chi connectivity index (χ2n) is 42.7. The molecule has 0 unspecified atom stereocenters. The van der Waals surface area contributed by atoms with Gasteiger partial charge in [-0.1, -0.05) is 72.3 Å². The van der Waals surface area contributed by atoms with Gasteiger partial charge in [-0.2, -0.15) is 0 Å². The molecule has 13 fully saturated rings. The molecular weight excluding hydrogens is 1840 g/mol. The lowest BCUT2D eigenvalue weighted by atomic mass is 9.33. The van der Waals surface area contributed by atoms with Gasteiger partial charge < -0.3 is 218 Å². The predicted octanol–water partition coefficient (Wildman–Crippen LogP) is -7.37. The van der Waals surface area contributed by atoms with Crippen LogP contribution < -0.4 is 0 Å². The maximum absolute atomic E-state index is 16.8. The lowest BCUT2D eigenvalue weighted by Gasteiger charge is -2.71. The molecule has 0 spiro atoms. The highest BCUT2D eigenvalue weighted by Gasteiger charge is 2.73. The lowest BCUT2D eigenvalue weighted by molar-refractivity contribution is -0.390. The first-order valence-electron chi connectivity index (χ1n) is 48.0. The number of allylic oxidation sites excluding steroid dienone is 3. The summed E-state index contributed by atoms with van der Waals surface area (Å²) < 4.78 is 117. The molecular formula is C92H148O46. The van der Waals surface area contributed by atoms with Crippen LogP contribution in [0.25, 0.3) is 0 Å². The van der Waals surface area contributed by atoms with Crippen LogP contribution in [0.3, 0.4) is 0 Å². The number of rotatable bonds is 29. The molecule has 25 N–H and O–H groups in total. The van der Waals surface area contributed by atoms with E-state index < -0.39 is 372 Å². The van der Waals surface area contributed by atoms with Gasteiger partial charge in [0.05, 0.1) is 75.1 Å². The van der Waals surface area contributed by atoms with E-state index in [1.165, 1.54) is 26.8 Å². The van der Waals surface area contributed by atoms with Gasteiger partial charge >= 0.3 is 11.9 Å². The topological polar surface area (TPSA) is 715 Å². The second-order valence-corrected chi connectivity index (χ2v) is 42.7. The molecule has 46 heteroatoms. The average molecular weight is 1990 g/mol. The zero-order valence-corrected chi connectivity index (χ0v) is 79.4. The minimum atomic E-state index is -2.24. The predicted molar refractivity (Wildman–Crippen MR) is 459 cm³/mol. The fourth-order valence-electron chi connectivity index (χ4n) is 24.4. The molecule has 0 aromatic carbocycles. The summed E-state index contributed by atoms with van der Waals surface area (Å²) in [6, 6.07) is 0. The molecule has 53 atom stereocenters. The van der Waals surface area contributed by atoms with Crippen LogP contribution in [0.1, 0.15) is 154 Å². The van der Waals surface area contributed by atoms with Gasteiger partial charge in [-0.3, -0.25) is 4.79 Å². The number of carbonyl (C=O) groups excluding carboxylic acids is 2. The zero-order valence-electron chi connectivity index (χ0n) is 79.4. The smallest absolute Gasteiger partial charge is 0.333 e. The maximum Gasteiger partial charge on any atom is 0.333 e. The molecule has 9 heterocycles. The Hall–Kier alpha value is -3.52. The van der Waals surface area contributed by atoms with Gasteiger partial charge in [-0.15, -0.1) is 6.58 Å². The molecule has 792 valence electrons. The number of hydrogen-bond donors (Lipinski definition) is 25. The van der Waals surface area contributed by atoms with Gasteiger partial charge in [0, 0.05) is 17.4 Å². The van der Waals surface area contributed by atoms with Crippen molar-refractivity contribution in [2.24, 2.45) is 50.2 Å². The molecule has 0 bridgehead atoms. The highest BCUT2D eigenvalue weighted by Crippen LogP contribution is 2.76. The van der Waals surface area contributed by atoms with E-state index in [0.29, 0.717) is 32.1 Å². The summed E-state index contributed by atoms with van der Waals surface area (Å²) in [5.41, 5.74) is -5.66. The number of carbonyl (C=O) groups is 2. The summed E-state index contributed by atoms with van der Waals surface area (Å²) in [6.45, 7) is 21.2. The van der Waals surface area contributed by atoms with Crippen LogP contribution >= 0.6 is 0 Å². The molecule has 9 aliphatic heterocycles. The maximum atomic E-state index is 16.8. The van der Waals surface area contributed by atoms with Gasteiger partial charge in [0.25, 0.3) is 0 Å². The Kier molecular flexibility index (Phi) is 34.3. The lowest BCUT2D eigenvalue weighted by Crippen LogP contribution is -2.68. The Morgan fingerprint density at radius 1 is 0.442 bits per heavy atom. The van der Waals surface area contributed by atoms with Crippen molar-refractivity contribution in [1.82, 2.24) is 0 Å². The SMILES string of the molecule is C=C[C@](C)(CC/C=C(\C)C(=O)O[C@H]1C[C@]2(C(=O)O[C@@H]3O[C@H](CO)[C@@H](O)[C@H](O)[C@H]3O[C@@H]3O[C@@H](C)[C@H](O[C@@H]4O[C@@H](CO)[C@H](O)[C@H]4O)[C@@H](O[C@@H]4O[C@H](CO)[C@@H](O)[C@H](O)[C@H]4O)[C@H]3O)CC[C@]3(C)C(=CC[C@@H]4[C@@]5(C)CC[C@H](O[C@@H]6O[C@H](CO[C@H]7O[C@@H](C)[C@@H](O)[C@@H](O)[C@@H]7O[C@@H]7OC[C@@H](O)[C@H](O)[C@H]7O)[C@@H](O)[C@H](O)[C@H]6O[C@@H]6O[C@H](CO)[C@@H](O)[C@H](O)[C@H]6O)C(C)(C)[C@@H]5CC[C@]43C)[C@@H]2CC1(C)C)O[C@@H]1O[C@H](C)[C@@H](O)[C@H](O)[C@H]1O. The van der Waals surface area contributed by atoms with E-state index >= 15 is 4.79 Å². The van der Waals surface area contributed by atoms with Crippen molar-refractivity contribution < 1.29 is 227 Å². The molecule has 0 amide bonds. The van der Waals surface area contributed by atoms with Crippen LogP contribution in [0.5, 0.6) is 0 Å². The molecule has 9 saturated heterocycles. The van der Waals surface area contributed by atoms with E-state index in [-0.39, 0.29) is 55.9 Å². The van der Waals surface area contributed by atoms with Gasteiger partial charge in [0.1, 0.15) is 189 Å².